The molecule has 13 heavy (non-hydrogen) atoms. The largest absolute Gasteiger partial charge is 0.376 e. The van der Waals surface area contributed by atoms with Gasteiger partial charge >= 0.3 is 0 Å². The number of benzene rings is 1. The van der Waals surface area contributed by atoms with Crippen LogP contribution in [0.1, 0.15) is 23.6 Å². The summed E-state index contributed by atoms with van der Waals surface area (Å²) in [4.78, 5) is 0. The Balaban J connectivity index is 2.34. The van der Waals surface area contributed by atoms with Crippen LogP contribution in [-0.4, -0.2) is 6.61 Å². The van der Waals surface area contributed by atoms with Crippen LogP contribution in [0.4, 0.5) is 0 Å². The van der Waals surface area contributed by atoms with Crippen molar-refractivity contribution >= 4 is 0 Å². The van der Waals surface area contributed by atoms with Crippen molar-refractivity contribution in [2.75, 3.05) is 6.61 Å². The standard InChI is InChI=1S/C12H16O/c1-9-3-4-11-6-10(2)7-13-8-12(11)5-9/h3-5,10H,6-8H2,1-2H3/t10-/m0/s1. The van der Waals surface area contributed by atoms with Crippen LogP contribution in [0.2, 0.25) is 0 Å². The van der Waals surface area contributed by atoms with Gasteiger partial charge in [0.15, 0.2) is 0 Å². The first-order chi connectivity index (χ1) is 6.25. The van der Waals surface area contributed by atoms with Gasteiger partial charge in [-0.3, -0.25) is 0 Å². The third-order valence-electron chi connectivity index (χ3n) is 2.59. The molecule has 0 saturated heterocycles. The smallest absolute Gasteiger partial charge is 0.0719 e. The predicted molar refractivity (Wildman–Crippen MR) is 53.7 cm³/mol. The van der Waals surface area contributed by atoms with E-state index in [-0.39, 0.29) is 0 Å². The van der Waals surface area contributed by atoms with Crippen molar-refractivity contribution in [3.8, 4) is 0 Å². The maximum atomic E-state index is 5.59. The molecule has 2 rings (SSSR count). The van der Waals surface area contributed by atoms with Gasteiger partial charge in [-0.2, -0.15) is 0 Å². The second kappa shape index (κ2) is 3.51. The Hall–Kier alpha value is -0.820. The Labute approximate surface area is 79.7 Å². The molecule has 1 aromatic rings. The van der Waals surface area contributed by atoms with E-state index in [0.717, 1.165) is 19.6 Å². The first-order valence-electron chi connectivity index (χ1n) is 4.92. The van der Waals surface area contributed by atoms with Gasteiger partial charge in [-0.25, -0.2) is 0 Å². The fraction of sp³-hybridized carbons (Fsp3) is 0.500. The van der Waals surface area contributed by atoms with Gasteiger partial charge in [-0.1, -0.05) is 30.7 Å². The number of hydrogen-bond acceptors (Lipinski definition) is 1. The first kappa shape index (κ1) is 8.76. The molecule has 0 N–H and O–H groups in total. The molecule has 0 radical (unpaired) electrons. The Bertz CT molecular complexity index is 304. The van der Waals surface area contributed by atoms with Crippen molar-refractivity contribution in [1.82, 2.24) is 0 Å². The highest BCUT2D eigenvalue weighted by molar-refractivity contribution is 5.31. The summed E-state index contributed by atoms with van der Waals surface area (Å²) in [5.41, 5.74) is 4.18. The van der Waals surface area contributed by atoms with Gasteiger partial charge in [0, 0.05) is 6.61 Å². The van der Waals surface area contributed by atoms with Crippen LogP contribution in [-0.2, 0) is 17.8 Å². The SMILES string of the molecule is Cc1ccc2c(c1)COC[C@@H](C)C2. The van der Waals surface area contributed by atoms with Crippen molar-refractivity contribution in [3.63, 3.8) is 0 Å². The second-order valence-corrected chi connectivity index (χ2v) is 4.10. The average molecular weight is 176 g/mol. The van der Waals surface area contributed by atoms with Crippen molar-refractivity contribution in [3.05, 3.63) is 34.9 Å². The molecule has 0 aliphatic carbocycles. The lowest BCUT2D eigenvalue weighted by Crippen LogP contribution is -2.03. The zero-order valence-electron chi connectivity index (χ0n) is 8.34. The average Bonchev–Trinajstić information content (AvgIpc) is 2.25. The van der Waals surface area contributed by atoms with Crippen LogP contribution in [0.25, 0.3) is 0 Å². The minimum atomic E-state index is 0.656. The van der Waals surface area contributed by atoms with E-state index < -0.39 is 0 Å². The molecule has 1 atom stereocenters. The van der Waals surface area contributed by atoms with Crippen LogP contribution in [0.5, 0.6) is 0 Å². The van der Waals surface area contributed by atoms with Gasteiger partial charge in [-0.05, 0) is 30.4 Å². The Morgan fingerprint density at radius 2 is 2.15 bits per heavy atom. The zero-order chi connectivity index (χ0) is 9.26. The number of ether oxygens (including phenoxy) is 1. The third kappa shape index (κ3) is 1.92. The maximum absolute atomic E-state index is 5.59. The second-order valence-electron chi connectivity index (χ2n) is 4.10. The minimum absolute atomic E-state index is 0.656. The van der Waals surface area contributed by atoms with Crippen LogP contribution in [0.3, 0.4) is 0 Å². The molecule has 0 amide bonds. The number of hydrogen-bond donors (Lipinski definition) is 0. The monoisotopic (exact) mass is 176 g/mol. The molecule has 0 aromatic heterocycles. The van der Waals surface area contributed by atoms with Crippen molar-refractivity contribution in [2.45, 2.75) is 26.9 Å². The Kier molecular flexibility index (Phi) is 2.36. The molecule has 0 unspecified atom stereocenters. The summed E-state index contributed by atoms with van der Waals surface area (Å²) in [6, 6.07) is 6.68. The lowest BCUT2D eigenvalue weighted by molar-refractivity contribution is 0.100. The molecule has 0 bridgehead atoms. The van der Waals surface area contributed by atoms with E-state index in [0.29, 0.717) is 5.92 Å². The van der Waals surface area contributed by atoms with E-state index in [1.165, 1.54) is 16.7 Å². The Morgan fingerprint density at radius 1 is 1.31 bits per heavy atom. The fourth-order valence-electron chi connectivity index (χ4n) is 1.89. The van der Waals surface area contributed by atoms with E-state index in [4.69, 9.17) is 4.74 Å². The maximum Gasteiger partial charge on any atom is 0.0719 e. The zero-order valence-corrected chi connectivity index (χ0v) is 8.34. The molecule has 1 heteroatoms. The number of rotatable bonds is 0. The van der Waals surface area contributed by atoms with E-state index in [1.54, 1.807) is 0 Å². The lowest BCUT2D eigenvalue weighted by Gasteiger charge is -2.07. The molecule has 1 aliphatic heterocycles. The molecule has 0 spiro atoms. The number of aryl methyl sites for hydroxylation is 1. The topological polar surface area (TPSA) is 9.23 Å². The highest BCUT2D eigenvalue weighted by Gasteiger charge is 2.12. The summed E-state index contributed by atoms with van der Waals surface area (Å²) in [5.74, 6) is 0.656. The van der Waals surface area contributed by atoms with Crippen LogP contribution >= 0.6 is 0 Å². The third-order valence-corrected chi connectivity index (χ3v) is 2.59. The molecule has 0 fully saturated rings. The molecular weight excluding hydrogens is 160 g/mol. The highest BCUT2D eigenvalue weighted by Crippen LogP contribution is 2.20. The molecule has 1 aromatic carbocycles. The van der Waals surface area contributed by atoms with Crippen LogP contribution < -0.4 is 0 Å². The van der Waals surface area contributed by atoms with Crippen LogP contribution in [0, 0.1) is 12.8 Å². The molecule has 1 heterocycles. The normalized spacial score (nSPS) is 22.2. The van der Waals surface area contributed by atoms with Crippen molar-refractivity contribution in [1.29, 1.82) is 0 Å². The molecule has 0 saturated carbocycles. The summed E-state index contributed by atoms with van der Waals surface area (Å²) in [7, 11) is 0. The molecular formula is C12H16O. The predicted octanol–water partition coefficient (Wildman–Crippen LogP) is 2.70. The summed E-state index contributed by atoms with van der Waals surface area (Å²) < 4.78 is 5.59. The molecule has 1 aliphatic rings. The van der Waals surface area contributed by atoms with Crippen molar-refractivity contribution < 1.29 is 4.74 Å². The van der Waals surface area contributed by atoms with E-state index in [2.05, 4.69) is 32.0 Å². The fourth-order valence-corrected chi connectivity index (χ4v) is 1.89. The van der Waals surface area contributed by atoms with Crippen LogP contribution in [0.15, 0.2) is 18.2 Å². The van der Waals surface area contributed by atoms with Gasteiger partial charge in [0.2, 0.25) is 0 Å². The van der Waals surface area contributed by atoms with Gasteiger partial charge in [-0.15, -0.1) is 0 Å². The summed E-state index contributed by atoms with van der Waals surface area (Å²) in [6.07, 6.45) is 1.16. The molecule has 70 valence electrons. The highest BCUT2D eigenvalue weighted by atomic mass is 16.5. The summed E-state index contributed by atoms with van der Waals surface area (Å²) in [6.45, 7) is 6.07. The molecule has 1 nitrogen and oxygen atoms in total. The quantitative estimate of drug-likeness (QED) is 0.590. The Morgan fingerprint density at radius 3 is 3.00 bits per heavy atom. The summed E-state index contributed by atoms with van der Waals surface area (Å²) in [5, 5.41) is 0. The van der Waals surface area contributed by atoms with Gasteiger partial charge in [0.25, 0.3) is 0 Å². The van der Waals surface area contributed by atoms with Gasteiger partial charge in [0.1, 0.15) is 0 Å². The van der Waals surface area contributed by atoms with E-state index in [9.17, 15) is 0 Å². The van der Waals surface area contributed by atoms with Gasteiger partial charge < -0.3 is 4.74 Å². The van der Waals surface area contributed by atoms with E-state index >= 15 is 0 Å². The number of fused-ring (bicyclic) bond motifs is 1. The van der Waals surface area contributed by atoms with Gasteiger partial charge in [0.05, 0.1) is 6.61 Å². The summed E-state index contributed by atoms with van der Waals surface area (Å²) >= 11 is 0. The minimum Gasteiger partial charge on any atom is -0.376 e. The van der Waals surface area contributed by atoms with E-state index in [1.807, 2.05) is 0 Å². The first-order valence-corrected chi connectivity index (χ1v) is 4.92. The van der Waals surface area contributed by atoms with Crippen molar-refractivity contribution in [2.24, 2.45) is 5.92 Å². The lowest BCUT2D eigenvalue weighted by atomic mass is 9.97.